The number of benzene rings is 1. The molecule has 126 valence electrons. The molecule has 4 nitrogen and oxygen atoms in total. The van der Waals surface area contributed by atoms with Gasteiger partial charge in [-0.3, -0.25) is 4.90 Å². The molecule has 0 saturated heterocycles. The van der Waals surface area contributed by atoms with Crippen molar-refractivity contribution in [3.05, 3.63) is 45.6 Å². The average Bonchev–Trinajstić information content (AvgIpc) is 3.06. The first-order valence-corrected chi connectivity index (χ1v) is 8.82. The van der Waals surface area contributed by atoms with Crippen LogP contribution < -0.4 is 9.47 Å². The van der Waals surface area contributed by atoms with Crippen LogP contribution in [0.4, 0.5) is 0 Å². The number of rotatable bonds is 4. The second kappa shape index (κ2) is 7.71. The van der Waals surface area contributed by atoms with E-state index in [4.69, 9.17) is 14.6 Å². The molecule has 1 atom stereocenters. The summed E-state index contributed by atoms with van der Waals surface area (Å²) in [6.07, 6.45) is 0. The molecule has 5 heteroatoms. The molecule has 0 bridgehead atoms. The van der Waals surface area contributed by atoms with E-state index in [1.165, 1.54) is 10.4 Å². The second-order valence-electron chi connectivity index (χ2n) is 5.76. The fourth-order valence-electron chi connectivity index (χ4n) is 2.63. The number of ether oxygens (including phenoxy) is 2. The van der Waals surface area contributed by atoms with Gasteiger partial charge in [-0.15, -0.1) is 11.3 Å². The number of nitrogens with zero attached hydrogens (tertiary/aromatic N) is 1. The number of aliphatic hydroxyl groups excluding tert-OH is 1. The van der Waals surface area contributed by atoms with Gasteiger partial charge in [-0.2, -0.15) is 0 Å². The Morgan fingerprint density at radius 1 is 1.25 bits per heavy atom. The normalized spacial score (nSPS) is 14.2. The highest BCUT2D eigenvalue weighted by Gasteiger charge is 2.17. The monoisotopic (exact) mass is 343 g/mol. The van der Waals surface area contributed by atoms with Gasteiger partial charge in [0.15, 0.2) is 11.5 Å². The van der Waals surface area contributed by atoms with Crippen molar-refractivity contribution in [3.63, 3.8) is 0 Å². The molecule has 0 aliphatic carbocycles. The predicted octanol–water partition coefficient (Wildman–Crippen LogP) is 3.06. The summed E-state index contributed by atoms with van der Waals surface area (Å²) in [5.41, 5.74) is 2.17. The van der Waals surface area contributed by atoms with E-state index in [0.717, 1.165) is 23.6 Å². The highest BCUT2D eigenvalue weighted by Crippen LogP contribution is 2.34. The van der Waals surface area contributed by atoms with E-state index in [1.807, 2.05) is 11.4 Å². The van der Waals surface area contributed by atoms with Crippen LogP contribution in [-0.4, -0.2) is 36.9 Å². The summed E-state index contributed by atoms with van der Waals surface area (Å²) in [5, 5.41) is 10.8. The van der Waals surface area contributed by atoms with E-state index in [1.54, 1.807) is 11.3 Å². The van der Waals surface area contributed by atoms with Crippen LogP contribution >= 0.6 is 11.3 Å². The molecule has 2 aromatic rings. The van der Waals surface area contributed by atoms with Gasteiger partial charge in [-0.05, 0) is 37.7 Å². The first-order valence-electron chi connectivity index (χ1n) is 7.94. The minimum Gasteiger partial charge on any atom is -0.486 e. The van der Waals surface area contributed by atoms with E-state index < -0.39 is 0 Å². The Balaban J connectivity index is 1.68. The van der Waals surface area contributed by atoms with Gasteiger partial charge < -0.3 is 14.6 Å². The number of thiophene rings is 1. The van der Waals surface area contributed by atoms with E-state index in [0.29, 0.717) is 13.2 Å². The van der Waals surface area contributed by atoms with Crippen molar-refractivity contribution in [1.82, 2.24) is 4.90 Å². The first-order chi connectivity index (χ1) is 11.7. The highest BCUT2D eigenvalue weighted by molar-refractivity contribution is 7.10. The van der Waals surface area contributed by atoms with Crippen LogP contribution in [-0.2, 0) is 6.54 Å². The van der Waals surface area contributed by atoms with Crippen molar-refractivity contribution in [1.29, 1.82) is 0 Å². The molecule has 0 fully saturated rings. The number of fused-ring (bicyclic) bond motifs is 1. The lowest BCUT2D eigenvalue weighted by Gasteiger charge is -2.26. The molecule has 1 aliphatic rings. The Bertz CT molecular complexity index is 759. The SMILES string of the molecule is CC(c1ccc2c(c1)OCCO2)N(C)Cc1cc(C#CCO)cs1. The molecule has 1 aromatic carbocycles. The minimum atomic E-state index is -0.105. The summed E-state index contributed by atoms with van der Waals surface area (Å²) < 4.78 is 11.3. The van der Waals surface area contributed by atoms with Crippen molar-refractivity contribution in [2.24, 2.45) is 0 Å². The summed E-state index contributed by atoms with van der Waals surface area (Å²) in [4.78, 5) is 3.55. The van der Waals surface area contributed by atoms with E-state index in [9.17, 15) is 0 Å². The number of hydrogen-bond donors (Lipinski definition) is 1. The van der Waals surface area contributed by atoms with Gasteiger partial charge in [0.05, 0.1) is 0 Å². The Kier molecular flexibility index (Phi) is 5.41. The molecule has 3 rings (SSSR count). The van der Waals surface area contributed by atoms with Gasteiger partial charge in [0.2, 0.25) is 0 Å². The Morgan fingerprint density at radius 2 is 2.04 bits per heavy atom. The Morgan fingerprint density at radius 3 is 2.83 bits per heavy atom. The second-order valence-corrected chi connectivity index (χ2v) is 6.75. The van der Waals surface area contributed by atoms with E-state index in [-0.39, 0.29) is 12.6 Å². The van der Waals surface area contributed by atoms with Crippen molar-refractivity contribution < 1.29 is 14.6 Å². The maximum absolute atomic E-state index is 8.77. The fraction of sp³-hybridized carbons (Fsp3) is 0.368. The zero-order valence-electron chi connectivity index (χ0n) is 13.9. The molecule has 1 unspecified atom stereocenters. The standard InChI is InChI=1S/C19H21NO3S/c1-14(16-5-6-18-19(11-16)23-9-8-22-18)20(2)12-17-10-15(13-24-17)4-3-7-21/h5-6,10-11,13-14,21H,7-9,12H2,1-2H3. The van der Waals surface area contributed by atoms with E-state index in [2.05, 4.69) is 48.9 Å². The molecule has 24 heavy (non-hydrogen) atoms. The van der Waals surface area contributed by atoms with Crippen LogP contribution in [0, 0.1) is 11.8 Å². The lowest BCUT2D eigenvalue weighted by molar-refractivity contribution is 0.170. The van der Waals surface area contributed by atoms with Crippen molar-refractivity contribution in [3.8, 4) is 23.3 Å². The maximum Gasteiger partial charge on any atom is 0.161 e. The van der Waals surface area contributed by atoms with Crippen molar-refractivity contribution in [2.45, 2.75) is 19.5 Å². The molecule has 0 spiro atoms. The lowest BCUT2D eigenvalue weighted by Crippen LogP contribution is -2.22. The van der Waals surface area contributed by atoms with Crippen LogP contribution in [0.5, 0.6) is 11.5 Å². The van der Waals surface area contributed by atoms with Gasteiger partial charge >= 0.3 is 0 Å². The predicted molar refractivity (Wildman–Crippen MR) is 95.6 cm³/mol. The van der Waals surface area contributed by atoms with Crippen LogP contribution in [0.3, 0.4) is 0 Å². The van der Waals surface area contributed by atoms with Gasteiger partial charge in [0, 0.05) is 28.4 Å². The average molecular weight is 343 g/mol. The van der Waals surface area contributed by atoms with Crippen LogP contribution in [0.2, 0.25) is 0 Å². The topological polar surface area (TPSA) is 41.9 Å². The quantitative estimate of drug-likeness (QED) is 0.867. The lowest BCUT2D eigenvalue weighted by atomic mass is 10.1. The summed E-state index contributed by atoms with van der Waals surface area (Å²) in [6, 6.07) is 8.50. The van der Waals surface area contributed by atoms with E-state index >= 15 is 0 Å². The van der Waals surface area contributed by atoms with Crippen molar-refractivity contribution >= 4 is 11.3 Å². The zero-order chi connectivity index (χ0) is 16.9. The number of hydrogen-bond acceptors (Lipinski definition) is 5. The van der Waals surface area contributed by atoms with Gasteiger partial charge in [-0.1, -0.05) is 17.9 Å². The molecule has 2 heterocycles. The molecule has 1 aromatic heterocycles. The molecule has 0 amide bonds. The number of aliphatic hydroxyl groups is 1. The largest absolute Gasteiger partial charge is 0.486 e. The Labute approximate surface area is 146 Å². The van der Waals surface area contributed by atoms with Gasteiger partial charge in [0.25, 0.3) is 0 Å². The summed E-state index contributed by atoms with van der Waals surface area (Å²) in [5.74, 6) is 7.28. The zero-order valence-corrected chi connectivity index (χ0v) is 14.7. The smallest absolute Gasteiger partial charge is 0.161 e. The first kappa shape index (κ1) is 16.8. The third-order valence-electron chi connectivity index (χ3n) is 4.08. The molecule has 0 saturated carbocycles. The van der Waals surface area contributed by atoms with Crippen molar-refractivity contribution in [2.75, 3.05) is 26.9 Å². The van der Waals surface area contributed by atoms with Crippen LogP contribution in [0.25, 0.3) is 0 Å². The summed E-state index contributed by atoms with van der Waals surface area (Å²) >= 11 is 1.69. The maximum atomic E-state index is 8.77. The van der Waals surface area contributed by atoms with Gasteiger partial charge in [-0.25, -0.2) is 0 Å². The van der Waals surface area contributed by atoms with Gasteiger partial charge in [0.1, 0.15) is 19.8 Å². The fourth-order valence-corrected chi connectivity index (χ4v) is 3.51. The summed E-state index contributed by atoms with van der Waals surface area (Å²) in [6.45, 7) is 4.15. The van der Waals surface area contributed by atoms with Crippen LogP contribution in [0.15, 0.2) is 29.6 Å². The van der Waals surface area contributed by atoms with Crippen LogP contribution in [0.1, 0.15) is 29.0 Å². The third-order valence-corrected chi connectivity index (χ3v) is 5.00. The molecule has 0 radical (unpaired) electrons. The molecule has 1 N–H and O–H groups in total. The molecular formula is C19H21NO3S. The molecular weight excluding hydrogens is 322 g/mol. The highest BCUT2D eigenvalue weighted by atomic mass is 32.1. The molecule has 1 aliphatic heterocycles. The minimum absolute atomic E-state index is 0.105. The summed E-state index contributed by atoms with van der Waals surface area (Å²) in [7, 11) is 2.11. The Hall–Kier alpha value is -2.00. The third kappa shape index (κ3) is 3.90.